The van der Waals surface area contributed by atoms with Crippen LogP contribution >= 0.6 is 23.4 Å². The molecule has 1 aromatic heterocycles. The summed E-state index contributed by atoms with van der Waals surface area (Å²) in [7, 11) is 0. The Balaban J connectivity index is 2.06. The molecule has 0 radical (unpaired) electrons. The standard InChI is InChI=1S/C13H13ClN2O3S/c1-2-10(13(17)18)20-7-11-15-12(16-19-11)8-5-3-4-6-9(8)14/h3-6,10H,2,7H2,1H3,(H,17,18). The summed E-state index contributed by atoms with van der Waals surface area (Å²) in [5, 5.41) is 12.9. The molecule has 1 heterocycles. The third-order valence-corrected chi connectivity index (χ3v) is 4.32. The minimum Gasteiger partial charge on any atom is -0.480 e. The third-order valence-electron chi connectivity index (χ3n) is 2.64. The minimum atomic E-state index is -0.830. The highest BCUT2D eigenvalue weighted by Gasteiger charge is 2.18. The van der Waals surface area contributed by atoms with E-state index in [1.54, 1.807) is 12.1 Å². The summed E-state index contributed by atoms with van der Waals surface area (Å²) in [5.41, 5.74) is 0.694. The van der Waals surface area contributed by atoms with Crippen molar-refractivity contribution in [3.63, 3.8) is 0 Å². The van der Waals surface area contributed by atoms with Crippen LogP contribution in [0.3, 0.4) is 0 Å². The minimum absolute atomic E-state index is 0.363. The van der Waals surface area contributed by atoms with Gasteiger partial charge < -0.3 is 9.63 Å². The van der Waals surface area contributed by atoms with Gasteiger partial charge in [0.2, 0.25) is 11.7 Å². The van der Waals surface area contributed by atoms with Crippen LogP contribution in [-0.2, 0) is 10.5 Å². The molecule has 0 amide bonds. The number of thioether (sulfide) groups is 1. The zero-order chi connectivity index (χ0) is 14.5. The fraction of sp³-hybridized carbons (Fsp3) is 0.308. The average Bonchev–Trinajstić information content (AvgIpc) is 2.88. The van der Waals surface area contributed by atoms with Crippen LogP contribution < -0.4 is 0 Å². The number of rotatable bonds is 6. The van der Waals surface area contributed by atoms with Crippen molar-refractivity contribution in [1.82, 2.24) is 10.1 Å². The Morgan fingerprint density at radius 3 is 2.90 bits per heavy atom. The predicted molar refractivity (Wildman–Crippen MR) is 77.8 cm³/mol. The molecule has 20 heavy (non-hydrogen) atoms. The summed E-state index contributed by atoms with van der Waals surface area (Å²) in [6.45, 7) is 1.83. The second-order valence-corrected chi connectivity index (χ2v) is 5.64. The van der Waals surface area contributed by atoms with Gasteiger partial charge in [0.05, 0.1) is 10.8 Å². The molecule has 0 saturated heterocycles. The second kappa shape index (κ2) is 6.76. The molecule has 1 N–H and O–H groups in total. The first-order valence-electron chi connectivity index (χ1n) is 6.03. The number of carboxylic acids is 1. The monoisotopic (exact) mass is 312 g/mol. The Labute approximate surface area is 125 Å². The van der Waals surface area contributed by atoms with Crippen molar-refractivity contribution in [2.45, 2.75) is 24.3 Å². The van der Waals surface area contributed by atoms with Gasteiger partial charge in [-0.1, -0.05) is 35.8 Å². The summed E-state index contributed by atoms with van der Waals surface area (Å²) in [6.07, 6.45) is 0.547. The zero-order valence-electron chi connectivity index (χ0n) is 10.7. The van der Waals surface area contributed by atoms with Crippen molar-refractivity contribution in [3.05, 3.63) is 35.2 Å². The van der Waals surface area contributed by atoms with Gasteiger partial charge in [-0.25, -0.2) is 0 Å². The summed E-state index contributed by atoms with van der Waals surface area (Å²) in [5.74, 6) is 0.338. The van der Waals surface area contributed by atoms with E-state index in [1.807, 2.05) is 19.1 Å². The average molecular weight is 313 g/mol. The van der Waals surface area contributed by atoms with E-state index in [4.69, 9.17) is 21.2 Å². The highest BCUT2D eigenvalue weighted by molar-refractivity contribution is 7.99. The number of aliphatic carboxylic acids is 1. The van der Waals surface area contributed by atoms with E-state index in [1.165, 1.54) is 11.8 Å². The number of hydrogen-bond donors (Lipinski definition) is 1. The number of halogens is 1. The molecule has 0 spiro atoms. The van der Waals surface area contributed by atoms with Gasteiger partial charge in [0.15, 0.2) is 0 Å². The van der Waals surface area contributed by atoms with E-state index in [9.17, 15) is 4.79 Å². The van der Waals surface area contributed by atoms with Gasteiger partial charge in [0.1, 0.15) is 5.25 Å². The molecule has 2 rings (SSSR count). The maximum absolute atomic E-state index is 10.9. The molecule has 0 saturated carbocycles. The Hall–Kier alpha value is -1.53. The summed E-state index contributed by atoms with van der Waals surface area (Å²) in [4.78, 5) is 15.1. The zero-order valence-corrected chi connectivity index (χ0v) is 12.3. The van der Waals surface area contributed by atoms with Crippen LogP contribution in [-0.4, -0.2) is 26.5 Å². The molecular formula is C13H13ClN2O3S. The summed E-state index contributed by atoms with van der Waals surface area (Å²) >= 11 is 7.32. The lowest BCUT2D eigenvalue weighted by molar-refractivity contribution is -0.136. The van der Waals surface area contributed by atoms with Crippen LogP contribution in [0.15, 0.2) is 28.8 Å². The van der Waals surface area contributed by atoms with Crippen LogP contribution in [0.1, 0.15) is 19.2 Å². The van der Waals surface area contributed by atoms with Gasteiger partial charge in [-0.3, -0.25) is 4.79 Å². The van der Waals surface area contributed by atoms with E-state index in [-0.39, 0.29) is 0 Å². The number of nitrogens with zero attached hydrogens (tertiary/aromatic N) is 2. The molecule has 1 unspecified atom stereocenters. The molecule has 2 aromatic rings. The van der Waals surface area contributed by atoms with Crippen molar-refractivity contribution in [1.29, 1.82) is 0 Å². The molecule has 0 aliphatic rings. The quantitative estimate of drug-likeness (QED) is 0.880. The Kier molecular flexibility index (Phi) is 5.03. The Morgan fingerprint density at radius 1 is 1.50 bits per heavy atom. The van der Waals surface area contributed by atoms with Crippen molar-refractivity contribution in [3.8, 4) is 11.4 Å². The third kappa shape index (κ3) is 3.52. The maximum Gasteiger partial charge on any atom is 0.316 e. The SMILES string of the molecule is CCC(SCc1nc(-c2ccccc2Cl)no1)C(=O)O. The van der Waals surface area contributed by atoms with Crippen LogP contribution in [0, 0.1) is 0 Å². The molecule has 0 aliphatic heterocycles. The van der Waals surface area contributed by atoms with Crippen molar-refractivity contribution >= 4 is 29.3 Å². The van der Waals surface area contributed by atoms with Gasteiger partial charge in [0.25, 0.3) is 0 Å². The summed E-state index contributed by atoms with van der Waals surface area (Å²) in [6, 6.07) is 7.21. The first-order valence-corrected chi connectivity index (χ1v) is 7.46. The first kappa shape index (κ1) is 14.9. The molecular weight excluding hydrogens is 300 g/mol. The van der Waals surface area contributed by atoms with Gasteiger partial charge in [-0.05, 0) is 18.6 Å². The topological polar surface area (TPSA) is 76.2 Å². The fourth-order valence-electron chi connectivity index (χ4n) is 1.60. The number of carboxylic acid groups (broad SMARTS) is 1. The molecule has 5 nitrogen and oxygen atoms in total. The predicted octanol–water partition coefficient (Wildman–Crippen LogP) is 3.49. The van der Waals surface area contributed by atoms with E-state index in [0.717, 1.165) is 0 Å². The van der Waals surface area contributed by atoms with Crippen molar-refractivity contribution in [2.24, 2.45) is 0 Å². The van der Waals surface area contributed by atoms with Gasteiger partial charge >= 0.3 is 5.97 Å². The molecule has 7 heteroatoms. The lowest BCUT2D eigenvalue weighted by Gasteiger charge is -2.06. The van der Waals surface area contributed by atoms with Gasteiger partial charge in [0, 0.05) is 5.56 Å². The second-order valence-electron chi connectivity index (χ2n) is 4.04. The molecule has 0 aliphatic carbocycles. The van der Waals surface area contributed by atoms with E-state index >= 15 is 0 Å². The fourth-order valence-corrected chi connectivity index (χ4v) is 2.66. The number of aromatic nitrogens is 2. The molecule has 1 aromatic carbocycles. The maximum atomic E-state index is 10.9. The lowest BCUT2D eigenvalue weighted by atomic mass is 10.2. The highest BCUT2D eigenvalue weighted by atomic mass is 35.5. The van der Waals surface area contributed by atoms with Crippen LogP contribution in [0.5, 0.6) is 0 Å². The molecule has 0 fully saturated rings. The molecule has 1 atom stereocenters. The summed E-state index contributed by atoms with van der Waals surface area (Å²) < 4.78 is 5.12. The number of carbonyl (C=O) groups is 1. The van der Waals surface area contributed by atoms with Crippen molar-refractivity contribution in [2.75, 3.05) is 0 Å². The van der Waals surface area contributed by atoms with Gasteiger partial charge in [-0.15, -0.1) is 11.8 Å². The Bertz CT molecular complexity index is 603. The van der Waals surface area contributed by atoms with E-state index < -0.39 is 11.2 Å². The van der Waals surface area contributed by atoms with Gasteiger partial charge in [-0.2, -0.15) is 4.98 Å². The number of benzene rings is 1. The normalized spacial score (nSPS) is 12.3. The van der Waals surface area contributed by atoms with Crippen molar-refractivity contribution < 1.29 is 14.4 Å². The molecule has 106 valence electrons. The van der Waals surface area contributed by atoms with E-state index in [2.05, 4.69) is 10.1 Å². The largest absolute Gasteiger partial charge is 0.480 e. The van der Waals surface area contributed by atoms with E-state index in [0.29, 0.717) is 34.5 Å². The highest BCUT2D eigenvalue weighted by Crippen LogP contribution is 2.26. The lowest BCUT2D eigenvalue weighted by Crippen LogP contribution is -2.15. The van der Waals surface area contributed by atoms with Crippen LogP contribution in [0.2, 0.25) is 5.02 Å². The van der Waals surface area contributed by atoms with Crippen LogP contribution in [0.4, 0.5) is 0 Å². The first-order chi connectivity index (χ1) is 9.61. The molecule has 0 bridgehead atoms. The Morgan fingerprint density at radius 2 is 2.25 bits per heavy atom. The smallest absolute Gasteiger partial charge is 0.316 e. The van der Waals surface area contributed by atoms with Crippen LogP contribution in [0.25, 0.3) is 11.4 Å². The number of hydrogen-bond acceptors (Lipinski definition) is 5.